The molecule has 0 fully saturated rings. The van der Waals surface area contributed by atoms with Gasteiger partial charge in [-0.15, -0.1) is 0 Å². The Kier molecular flexibility index (Phi) is 5.32. The van der Waals surface area contributed by atoms with Crippen LogP contribution in [-0.2, 0) is 13.0 Å². The molecule has 2 N–H and O–H groups in total. The Labute approximate surface area is 131 Å². The van der Waals surface area contributed by atoms with E-state index >= 15 is 0 Å². The highest BCUT2D eigenvalue weighted by Gasteiger charge is 2.10. The third-order valence-corrected chi connectivity index (χ3v) is 3.63. The monoisotopic (exact) mass is 348 g/mol. The summed E-state index contributed by atoms with van der Waals surface area (Å²) >= 11 is 3.43. The van der Waals surface area contributed by atoms with Crippen LogP contribution in [0.5, 0.6) is 5.75 Å². The molecule has 0 aliphatic heterocycles. The van der Waals surface area contributed by atoms with E-state index in [4.69, 9.17) is 15.7 Å². The lowest BCUT2D eigenvalue weighted by Crippen LogP contribution is -2.06. The normalized spacial score (nSPS) is 10.2. The highest BCUT2D eigenvalue weighted by Crippen LogP contribution is 2.30. The summed E-state index contributed by atoms with van der Waals surface area (Å²) < 4.78 is 20.3. The maximum atomic E-state index is 13.7. The van der Waals surface area contributed by atoms with Crippen molar-refractivity contribution < 1.29 is 9.13 Å². The predicted octanol–water partition coefficient (Wildman–Crippen LogP) is 3.54. The van der Waals surface area contributed by atoms with Crippen molar-refractivity contribution in [3.8, 4) is 11.8 Å². The SMILES string of the molecule is N#Cc1ccc(F)c(COc2c(Br)cccc2CCN)c1. The second kappa shape index (κ2) is 7.21. The number of nitrogens with two attached hydrogens (primary N) is 1. The number of hydrogen-bond acceptors (Lipinski definition) is 3. The minimum absolute atomic E-state index is 0.0571. The van der Waals surface area contributed by atoms with Gasteiger partial charge in [0.25, 0.3) is 0 Å². The van der Waals surface area contributed by atoms with Crippen molar-refractivity contribution in [1.82, 2.24) is 0 Å². The van der Waals surface area contributed by atoms with Gasteiger partial charge < -0.3 is 10.5 Å². The van der Waals surface area contributed by atoms with Crippen LogP contribution in [0, 0.1) is 17.1 Å². The van der Waals surface area contributed by atoms with Gasteiger partial charge >= 0.3 is 0 Å². The van der Waals surface area contributed by atoms with Crippen LogP contribution in [-0.4, -0.2) is 6.54 Å². The van der Waals surface area contributed by atoms with Crippen molar-refractivity contribution in [3.05, 3.63) is 63.4 Å². The van der Waals surface area contributed by atoms with E-state index in [1.165, 1.54) is 18.2 Å². The molecule has 0 radical (unpaired) electrons. The van der Waals surface area contributed by atoms with Gasteiger partial charge in [0.1, 0.15) is 18.2 Å². The number of nitrogens with zero attached hydrogens (tertiary/aromatic N) is 1. The molecule has 0 aliphatic rings. The fourth-order valence-electron chi connectivity index (χ4n) is 1.97. The molecular weight excluding hydrogens is 335 g/mol. The van der Waals surface area contributed by atoms with Gasteiger partial charge in [0.05, 0.1) is 16.1 Å². The smallest absolute Gasteiger partial charge is 0.137 e. The van der Waals surface area contributed by atoms with Crippen LogP contribution in [0.3, 0.4) is 0 Å². The van der Waals surface area contributed by atoms with Crippen LogP contribution in [0.1, 0.15) is 16.7 Å². The zero-order valence-electron chi connectivity index (χ0n) is 11.3. The number of para-hydroxylation sites is 1. The van der Waals surface area contributed by atoms with Crippen LogP contribution in [0.4, 0.5) is 4.39 Å². The van der Waals surface area contributed by atoms with E-state index in [-0.39, 0.29) is 12.4 Å². The molecule has 2 rings (SSSR count). The number of halogens is 2. The van der Waals surface area contributed by atoms with E-state index in [0.717, 1.165) is 10.0 Å². The molecule has 0 heterocycles. The summed E-state index contributed by atoms with van der Waals surface area (Å²) in [6, 6.07) is 11.9. The van der Waals surface area contributed by atoms with Crippen molar-refractivity contribution in [2.75, 3.05) is 6.54 Å². The molecule has 0 saturated carbocycles. The van der Waals surface area contributed by atoms with E-state index in [1.807, 2.05) is 24.3 Å². The molecule has 0 aliphatic carbocycles. The number of benzene rings is 2. The first-order chi connectivity index (χ1) is 10.2. The Morgan fingerprint density at radius 3 is 2.76 bits per heavy atom. The summed E-state index contributed by atoms with van der Waals surface area (Å²) in [6.07, 6.45) is 0.676. The Morgan fingerprint density at radius 2 is 2.05 bits per heavy atom. The molecule has 3 nitrogen and oxygen atoms in total. The van der Waals surface area contributed by atoms with Crippen molar-refractivity contribution >= 4 is 15.9 Å². The molecule has 0 spiro atoms. The molecule has 0 aromatic heterocycles. The number of rotatable bonds is 5. The van der Waals surface area contributed by atoms with Gasteiger partial charge in [0, 0.05) is 5.56 Å². The summed E-state index contributed by atoms with van der Waals surface area (Å²) in [5.74, 6) is 0.270. The first-order valence-corrected chi connectivity index (χ1v) is 7.23. The summed E-state index contributed by atoms with van der Waals surface area (Å²) in [4.78, 5) is 0. The zero-order valence-corrected chi connectivity index (χ0v) is 12.9. The summed E-state index contributed by atoms with van der Waals surface area (Å²) in [5, 5.41) is 8.86. The summed E-state index contributed by atoms with van der Waals surface area (Å²) in [6.45, 7) is 0.562. The quantitative estimate of drug-likeness (QED) is 0.898. The lowest BCUT2D eigenvalue weighted by atomic mass is 10.1. The Hall–Kier alpha value is -1.90. The van der Waals surface area contributed by atoms with Gasteiger partial charge in [-0.1, -0.05) is 12.1 Å². The molecule has 2 aromatic rings. The zero-order chi connectivity index (χ0) is 15.2. The third kappa shape index (κ3) is 3.81. The topological polar surface area (TPSA) is 59.0 Å². The van der Waals surface area contributed by atoms with Gasteiger partial charge in [-0.3, -0.25) is 0 Å². The number of ether oxygens (including phenoxy) is 1. The summed E-state index contributed by atoms with van der Waals surface area (Å²) in [7, 11) is 0. The molecule has 108 valence electrons. The second-order valence-electron chi connectivity index (χ2n) is 4.47. The first-order valence-electron chi connectivity index (χ1n) is 6.44. The minimum atomic E-state index is -0.388. The Bertz CT molecular complexity index is 682. The van der Waals surface area contributed by atoms with E-state index in [2.05, 4.69) is 15.9 Å². The fraction of sp³-hybridized carbons (Fsp3) is 0.188. The van der Waals surface area contributed by atoms with Crippen molar-refractivity contribution in [2.45, 2.75) is 13.0 Å². The Balaban J connectivity index is 2.22. The molecule has 0 atom stereocenters. The number of nitriles is 1. The van der Waals surface area contributed by atoms with Gasteiger partial charge in [-0.25, -0.2) is 4.39 Å². The van der Waals surface area contributed by atoms with Crippen molar-refractivity contribution in [2.24, 2.45) is 5.73 Å². The number of hydrogen-bond donors (Lipinski definition) is 1. The van der Waals surface area contributed by atoms with E-state index in [9.17, 15) is 4.39 Å². The maximum Gasteiger partial charge on any atom is 0.137 e. The highest BCUT2D eigenvalue weighted by molar-refractivity contribution is 9.10. The molecule has 0 amide bonds. The van der Waals surface area contributed by atoms with Crippen molar-refractivity contribution in [3.63, 3.8) is 0 Å². The molecule has 2 aromatic carbocycles. The van der Waals surface area contributed by atoms with E-state index < -0.39 is 0 Å². The fourth-order valence-corrected chi connectivity index (χ4v) is 2.49. The largest absolute Gasteiger partial charge is 0.487 e. The third-order valence-electron chi connectivity index (χ3n) is 3.01. The molecule has 21 heavy (non-hydrogen) atoms. The lowest BCUT2D eigenvalue weighted by molar-refractivity contribution is 0.295. The van der Waals surface area contributed by atoms with E-state index in [1.54, 1.807) is 0 Å². The van der Waals surface area contributed by atoms with Crippen LogP contribution >= 0.6 is 15.9 Å². The molecule has 0 unspecified atom stereocenters. The lowest BCUT2D eigenvalue weighted by Gasteiger charge is -2.13. The van der Waals surface area contributed by atoms with Gasteiger partial charge in [-0.2, -0.15) is 5.26 Å². The van der Waals surface area contributed by atoms with Crippen LogP contribution < -0.4 is 10.5 Å². The minimum Gasteiger partial charge on any atom is -0.487 e. The van der Waals surface area contributed by atoms with Crippen LogP contribution in [0.25, 0.3) is 0 Å². The first kappa shape index (κ1) is 15.5. The molecule has 5 heteroatoms. The Morgan fingerprint density at radius 1 is 1.24 bits per heavy atom. The average Bonchev–Trinajstić information content (AvgIpc) is 2.48. The molecule has 0 bridgehead atoms. The summed E-state index contributed by atoms with van der Waals surface area (Å²) in [5.41, 5.74) is 7.30. The van der Waals surface area contributed by atoms with Crippen LogP contribution in [0.15, 0.2) is 40.9 Å². The standard InChI is InChI=1S/C16H14BrFN2O/c17-14-3-1-2-12(6-7-19)16(14)21-10-13-8-11(9-20)4-5-15(13)18/h1-5,8H,6-7,10,19H2. The van der Waals surface area contributed by atoms with Gasteiger partial charge in [-0.05, 0) is 58.7 Å². The molecule has 0 saturated heterocycles. The average molecular weight is 349 g/mol. The van der Waals surface area contributed by atoms with Crippen molar-refractivity contribution in [1.29, 1.82) is 5.26 Å². The second-order valence-corrected chi connectivity index (χ2v) is 5.33. The van der Waals surface area contributed by atoms with Gasteiger partial charge in [0.2, 0.25) is 0 Å². The highest BCUT2D eigenvalue weighted by atomic mass is 79.9. The maximum absolute atomic E-state index is 13.7. The van der Waals surface area contributed by atoms with E-state index in [0.29, 0.717) is 29.8 Å². The van der Waals surface area contributed by atoms with Gasteiger partial charge in [0.15, 0.2) is 0 Å². The predicted molar refractivity (Wildman–Crippen MR) is 82.3 cm³/mol. The van der Waals surface area contributed by atoms with Crippen LogP contribution in [0.2, 0.25) is 0 Å². The molecular formula is C16H14BrFN2O.